The number of benzene rings is 3. The average molecular weight is 391 g/mol. The predicted octanol–water partition coefficient (Wildman–Crippen LogP) is 4.87. The first-order valence-corrected chi connectivity index (χ1v) is 9.35. The number of anilines is 1. The van der Waals surface area contributed by atoms with Crippen LogP contribution in [-0.4, -0.2) is 27.2 Å². The molecule has 29 heavy (non-hydrogen) atoms. The smallest absolute Gasteiger partial charge is 0.225 e. The topological polar surface area (TPSA) is 56.8 Å². The van der Waals surface area contributed by atoms with Gasteiger partial charge in [-0.05, 0) is 35.4 Å². The molecule has 0 saturated heterocycles. The number of methoxy groups -OCH3 is 3. The SMILES string of the molecule is COc1ccc([C@H](CC(=O)Nc2ccc(OC)cc2OC)c2ccccc2)cc1. The summed E-state index contributed by atoms with van der Waals surface area (Å²) in [7, 11) is 4.79. The van der Waals surface area contributed by atoms with Gasteiger partial charge in [0.25, 0.3) is 0 Å². The fraction of sp³-hybridized carbons (Fsp3) is 0.208. The van der Waals surface area contributed by atoms with Crippen molar-refractivity contribution in [2.45, 2.75) is 12.3 Å². The molecular weight excluding hydrogens is 366 g/mol. The first-order chi connectivity index (χ1) is 14.1. The van der Waals surface area contributed by atoms with E-state index in [2.05, 4.69) is 5.32 Å². The zero-order valence-corrected chi connectivity index (χ0v) is 16.8. The Morgan fingerprint density at radius 2 is 1.41 bits per heavy atom. The molecule has 3 aromatic carbocycles. The molecule has 5 heteroatoms. The van der Waals surface area contributed by atoms with Crippen LogP contribution >= 0.6 is 0 Å². The van der Waals surface area contributed by atoms with Crippen LogP contribution in [0.25, 0.3) is 0 Å². The normalized spacial score (nSPS) is 11.4. The van der Waals surface area contributed by atoms with Crippen LogP contribution < -0.4 is 19.5 Å². The predicted molar refractivity (Wildman–Crippen MR) is 114 cm³/mol. The van der Waals surface area contributed by atoms with Gasteiger partial charge in [-0.25, -0.2) is 0 Å². The van der Waals surface area contributed by atoms with Crippen LogP contribution in [0.4, 0.5) is 5.69 Å². The summed E-state index contributed by atoms with van der Waals surface area (Å²) in [5.74, 6) is 1.83. The quantitative estimate of drug-likeness (QED) is 0.595. The maximum absolute atomic E-state index is 12.9. The number of amides is 1. The fourth-order valence-corrected chi connectivity index (χ4v) is 3.24. The third-order valence-corrected chi connectivity index (χ3v) is 4.79. The number of hydrogen-bond acceptors (Lipinski definition) is 4. The highest BCUT2D eigenvalue weighted by atomic mass is 16.5. The maximum Gasteiger partial charge on any atom is 0.225 e. The zero-order chi connectivity index (χ0) is 20.6. The van der Waals surface area contributed by atoms with E-state index in [4.69, 9.17) is 14.2 Å². The van der Waals surface area contributed by atoms with Gasteiger partial charge in [0.05, 0.1) is 27.0 Å². The largest absolute Gasteiger partial charge is 0.497 e. The number of rotatable bonds is 8. The van der Waals surface area contributed by atoms with Gasteiger partial charge >= 0.3 is 0 Å². The molecule has 150 valence electrons. The second kappa shape index (κ2) is 9.64. The van der Waals surface area contributed by atoms with Gasteiger partial charge in [-0.15, -0.1) is 0 Å². The molecule has 0 radical (unpaired) electrons. The van der Waals surface area contributed by atoms with Crippen molar-refractivity contribution in [3.8, 4) is 17.2 Å². The molecule has 1 atom stereocenters. The number of nitrogens with one attached hydrogen (secondary N) is 1. The molecule has 0 spiro atoms. The molecule has 0 aromatic heterocycles. The second-order valence-corrected chi connectivity index (χ2v) is 6.55. The monoisotopic (exact) mass is 391 g/mol. The Hall–Kier alpha value is -3.47. The average Bonchev–Trinajstić information content (AvgIpc) is 2.78. The van der Waals surface area contributed by atoms with Crippen molar-refractivity contribution in [2.75, 3.05) is 26.6 Å². The lowest BCUT2D eigenvalue weighted by molar-refractivity contribution is -0.116. The molecule has 3 rings (SSSR count). The standard InChI is InChI=1S/C24H25NO4/c1-27-19-11-9-18(10-12-19)21(17-7-5-4-6-8-17)16-24(26)25-22-14-13-20(28-2)15-23(22)29-3/h4-15,21H,16H2,1-3H3,(H,25,26)/t21-/m1/s1. The Balaban J connectivity index is 1.83. The first-order valence-electron chi connectivity index (χ1n) is 9.35. The van der Waals surface area contributed by atoms with Crippen molar-refractivity contribution in [1.82, 2.24) is 0 Å². The molecule has 0 aliphatic heterocycles. The highest BCUT2D eigenvalue weighted by molar-refractivity contribution is 5.93. The van der Waals surface area contributed by atoms with E-state index in [1.54, 1.807) is 39.5 Å². The van der Waals surface area contributed by atoms with Crippen LogP contribution in [0.3, 0.4) is 0 Å². The van der Waals surface area contributed by atoms with Crippen molar-refractivity contribution in [2.24, 2.45) is 0 Å². The van der Waals surface area contributed by atoms with Gasteiger partial charge in [0.1, 0.15) is 17.2 Å². The maximum atomic E-state index is 12.9. The Kier molecular flexibility index (Phi) is 6.74. The Morgan fingerprint density at radius 1 is 0.793 bits per heavy atom. The van der Waals surface area contributed by atoms with Gasteiger partial charge < -0.3 is 19.5 Å². The van der Waals surface area contributed by atoms with Crippen molar-refractivity contribution in [3.05, 3.63) is 83.9 Å². The van der Waals surface area contributed by atoms with Crippen LogP contribution in [0.5, 0.6) is 17.2 Å². The van der Waals surface area contributed by atoms with Crippen molar-refractivity contribution in [1.29, 1.82) is 0 Å². The van der Waals surface area contributed by atoms with E-state index < -0.39 is 0 Å². The van der Waals surface area contributed by atoms with Crippen molar-refractivity contribution >= 4 is 11.6 Å². The highest BCUT2D eigenvalue weighted by Crippen LogP contribution is 2.32. The number of hydrogen-bond donors (Lipinski definition) is 1. The van der Waals surface area contributed by atoms with Crippen molar-refractivity contribution in [3.63, 3.8) is 0 Å². The Labute approximate surface area is 171 Å². The minimum atomic E-state index is -0.0989. The van der Waals surface area contributed by atoms with Crippen LogP contribution in [0, 0.1) is 0 Å². The number of carbonyl (C=O) groups excluding carboxylic acids is 1. The minimum absolute atomic E-state index is 0.0775. The summed E-state index contributed by atoms with van der Waals surface area (Å²) < 4.78 is 15.8. The van der Waals surface area contributed by atoms with E-state index >= 15 is 0 Å². The third-order valence-electron chi connectivity index (χ3n) is 4.79. The van der Waals surface area contributed by atoms with Crippen LogP contribution in [0.15, 0.2) is 72.8 Å². The molecule has 1 amide bonds. The molecule has 0 aliphatic carbocycles. The third kappa shape index (κ3) is 5.08. The van der Waals surface area contributed by atoms with E-state index in [0.717, 1.165) is 16.9 Å². The van der Waals surface area contributed by atoms with Gasteiger partial charge in [0.2, 0.25) is 5.91 Å². The Bertz CT molecular complexity index is 939. The summed E-state index contributed by atoms with van der Waals surface area (Å²) >= 11 is 0. The van der Waals surface area contributed by atoms with Gasteiger partial charge in [-0.3, -0.25) is 4.79 Å². The molecule has 0 fully saturated rings. The minimum Gasteiger partial charge on any atom is -0.497 e. The van der Waals surface area contributed by atoms with Gasteiger partial charge in [-0.2, -0.15) is 0 Å². The molecule has 1 N–H and O–H groups in total. The second-order valence-electron chi connectivity index (χ2n) is 6.55. The lowest BCUT2D eigenvalue weighted by Crippen LogP contribution is -2.17. The zero-order valence-electron chi connectivity index (χ0n) is 16.8. The van der Waals surface area contributed by atoms with E-state index in [-0.39, 0.29) is 11.8 Å². The summed E-state index contributed by atoms with van der Waals surface area (Å²) in [6.07, 6.45) is 0.297. The molecule has 0 bridgehead atoms. The molecule has 0 aliphatic rings. The van der Waals surface area contributed by atoms with E-state index in [1.165, 1.54) is 0 Å². The van der Waals surface area contributed by atoms with Gasteiger partial charge in [0, 0.05) is 18.4 Å². The first kappa shape index (κ1) is 20.3. The summed E-state index contributed by atoms with van der Waals surface area (Å²) in [4.78, 5) is 12.9. The summed E-state index contributed by atoms with van der Waals surface area (Å²) in [6.45, 7) is 0. The number of carbonyl (C=O) groups is 1. The highest BCUT2D eigenvalue weighted by Gasteiger charge is 2.19. The van der Waals surface area contributed by atoms with Crippen LogP contribution in [0.1, 0.15) is 23.5 Å². The molecule has 3 aromatic rings. The van der Waals surface area contributed by atoms with Gasteiger partial charge in [-0.1, -0.05) is 42.5 Å². The fourth-order valence-electron chi connectivity index (χ4n) is 3.24. The summed E-state index contributed by atoms with van der Waals surface area (Å²) in [5.41, 5.74) is 2.74. The molecule has 0 unspecified atom stereocenters. The van der Waals surface area contributed by atoms with Gasteiger partial charge in [0.15, 0.2) is 0 Å². The van der Waals surface area contributed by atoms with Crippen LogP contribution in [0.2, 0.25) is 0 Å². The lowest BCUT2D eigenvalue weighted by Gasteiger charge is -2.19. The molecule has 0 heterocycles. The Morgan fingerprint density at radius 3 is 2.03 bits per heavy atom. The number of ether oxygens (including phenoxy) is 3. The van der Waals surface area contributed by atoms with E-state index in [0.29, 0.717) is 23.6 Å². The van der Waals surface area contributed by atoms with E-state index in [9.17, 15) is 4.79 Å². The molecular formula is C24H25NO4. The molecule has 0 saturated carbocycles. The summed E-state index contributed by atoms with van der Waals surface area (Å²) in [5, 5.41) is 2.96. The summed E-state index contributed by atoms with van der Waals surface area (Å²) in [6, 6.07) is 23.1. The van der Waals surface area contributed by atoms with Crippen molar-refractivity contribution < 1.29 is 19.0 Å². The lowest BCUT2D eigenvalue weighted by atomic mass is 9.88. The van der Waals surface area contributed by atoms with E-state index in [1.807, 2.05) is 54.6 Å². The molecule has 5 nitrogen and oxygen atoms in total. The van der Waals surface area contributed by atoms with Crippen LogP contribution in [-0.2, 0) is 4.79 Å².